The van der Waals surface area contributed by atoms with Gasteiger partial charge in [-0.3, -0.25) is 4.79 Å². The highest BCUT2D eigenvalue weighted by Gasteiger charge is 2.12. The fraction of sp³-hybridized carbons (Fsp3) is 0.190. The molecule has 0 unspecified atom stereocenters. The number of carbonyl (C=O) groups excluding carboxylic acids is 1. The highest BCUT2D eigenvalue weighted by atomic mass is 16.2. The Morgan fingerprint density at radius 2 is 1.62 bits per heavy atom. The summed E-state index contributed by atoms with van der Waals surface area (Å²) >= 11 is 0. The maximum absolute atomic E-state index is 12.3. The molecule has 0 aliphatic heterocycles. The topological polar surface area (TPSA) is 32.3 Å². The minimum absolute atomic E-state index is 0.0158. The predicted octanol–water partition coefficient (Wildman–Crippen LogP) is 4.15. The molecule has 0 saturated carbocycles. The molecule has 3 heteroatoms. The second kappa shape index (κ2) is 7.18. The van der Waals surface area contributed by atoms with Crippen LogP contribution in [0.3, 0.4) is 0 Å². The summed E-state index contributed by atoms with van der Waals surface area (Å²) < 4.78 is 0. The van der Waals surface area contributed by atoms with Crippen LogP contribution in [-0.4, -0.2) is 19.5 Å². The molecule has 0 spiro atoms. The van der Waals surface area contributed by atoms with Gasteiger partial charge in [-0.15, -0.1) is 0 Å². The molecule has 0 heterocycles. The molecule has 0 saturated heterocycles. The van der Waals surface area contributed by atoms with Gasteiger partial charge in [0.15, 0.2) is 0 Å². The smallest absolute Gasteiger partial charge is 0.239 e. The second-order valence-corrected chi connectivity index (χ2v) is 6.09. The van der Waals surface area contributed by atoms with Gasteiger partial charge in [-0.05, 0) is 41.5 Å². The van der Waals surface area contributed by atoms with Gasteiger partial charge in [0, 0.05) is 12.7 Å². The third-order valence-corrected chi connectivity index (χ3v) is 4.23. The van der Waals surface area contributed by atoms with E-state index in [1.165, 1.54) is 10.8 Å². The number of nitrogens with one attached hydrogen (secondary N) is 1. The number of hydrogen-bond donors (Lipinski definition) is 1. The van der Waals surface area contributed by atoms with Gasteiger partial charge in [0.2, 0.25) is 5.91 Å². The van der Waals surface area contributed by atoms with Crippen LogP contribution in [0.15, 0.2) is 72.8 Å². The number of rotatable bonds is 5. The molecule has 0 aromatic heterocycles. The summed E-state index contributed by atoms with van der Waals surface area (Å²) in [6, 6.07) is 24.5. The molecule has 3 aromatic carbocycles. The zero-order chi connectivity index (χ0) is 16.9. The van der Waals surface area contributed by atoms with Gasteiger partial charge >= 0.3 is 0 Å². The number of carbonyl (C=O) groups is 1. The number of amides is 1. The Labute approximate surface area is 142 Å². The van der Waals surface area contributed by atoms with Crippen LogP contribution in [-0.2, 0) is 4.79 Å². The molecule has 3 nitrogen and oxygen atoms in total. The van der Waals surface area contributed by atoms with Crippen LogP contribution in [0.5, 0.6) is 0 Å². The third-order valence-electron chi connectivity index (χ3n) is 4.23. The van der Waals surface area contributed by atoms with Crippen molar-refractivity contribution in [1.82, 2.24) is 5.32 Å². The zero-order valence-corrected chi connectivity index (χ0v) is 14.1. The standard InChI is InChI=1S/C21H22N2O/c1-16(18-13-12-17-8-6-7-9-19(17)14-18)22-21(24)15-23(2)20-10-4-3-5-11-20/h3-14,16H,15H2,1-2H3,(H,22,24)/t16-/m0/s1. The Morgan fingerprint density at radius 3 is 2.38 bits per heavy atom. The fourth-order valence-corrected chi connectivity index (χ4v) is 2.84. The average molecular weight is 318 g/mol. The molecule has 24 heavy (non-hydrogen) atoms. The van der Waals surface area contributed by atoms with Gasteiger partial charge in [-0.25, -0.2) is 0 Å². The Kier molecular flexibility index (Phi) is 4.80. The van der Waals surface area contributed by atoms with Crippen molar-refractivity contribution >= 4 is 22.4 Å². The number of likely N-dealkylation sites (N-methyl/N-ethyl adjacent to an activating group) is 1. The van der Waals surface area contributed by atoms with E-state index in [-0.39, 0.29) is 11.9 Å². The molecule has 0 fully saturated rings. The maximum atomic E-state index is 12.3. The van der Waals surface area contributed by atoms with Gasteiger partial charge in [-0.2, -0.15) is 0 Å². The lowest BCUT2D eigenvalue weighted by atomic mass is 10.0. The average Bonchev–Trinajstić information content (AvgIpc) is 2.61. The number of fused-ring (bicyclic) bond motifs is 1. The van der Waals surface area contributed by atoms with E-state index in [0.29, 0.717) is 6.54 Å². The van der Waals surface area contributed by atoms with Gasteiger partial charge in [0.25, 0.3) is 0 Å². The molecule has 1 N–H and O–H groups in total. The summed E-state index contributed by atoms with van der Waals surface area (Å²) in [5, 5.41) is 5.48. The number of benzene rings is 3. The lowest BCUT2D eigenvalue weighted by molar-refractivity contribution is -0.120. The number of para-hydroxylation sites is 1. The van der Waals surface area contributed by atoms with Crippen LogP contribution in [0.1, 0.15) is 18.5 Å². The molecular weight excluding hydrogens is 296 g/mol. The first-order valence-corrected chi connectivity index (χ1v) is 8.18. The second-order valence-electron chi connectivity index (χ2n) is 6.09. The first-order chi connectivity index (χ1) is 11.6. The summed E-state index contributed by atoms with van der Waals surface area (Å²) in [6.07, 6.45) is 0. The van der Waals surface area contributed by atoms with E-state index in [2.05, 4.69) is 35.6 Å². The summed E-state index contributed by atoms with van der Waals surface area (Å²) in [7, 11) is 1.93. The lowest BCUT2D eigenvalue weighted by Crippen LogP contribution is -2.36. The summed E-state index contributed by atoms with van der Waals surface area (Å²) in [5.74, 6) is 0.0158. The molecule has 0 aliphatic carbocycles. The fourth-order valence-electron chi connectivity index (χ4n) is 2.84. The Morgan fingerprint density at radius 1 is 0.958 bits per heavy atom. The van der Waals surface area contributed by atoms with Crippen LogP contribution in [0.2, 0.25) is 0 Å². The van der Waals surface area contributed by atoms with Crippen LogP contribution in [0.25, 0.3) is 10.8 Å². The highest BCUT2D eigenvalue weighted by Crippen LogP contribution is 2.20. The van der Waals surface area contributed by atoms with Crippen LogP contribution in [0, 0.1) is 0 Å². The Hall–Kier alpha value is -2.81. The largest absolute Gasteiger partial charge is 0.365 e. The highest BCUT2D eigenvalue weighted by molar-refractivity contribution is 5.84. The Bertz CT molecular complexity index is 829. The van der Waals surface area contributed by atoms with Crippen molar-refractivity contribution in [3.05, 3.63) is 78.4 Å². The summed E-state index contributed by atoms with van der Waals surface area (Å²) in [6.45, 7) is 2.35. The van der Waals surface area contributed by atoms with Crippen molar-refractivity contribution in [1.29, 1.82) is 0 Å². The van der Waals surface area contributed by atoms with Gasteiger partial charge < -0.3 is 10.2 Å². The molecule has 0 aliphatic rings. The molecule has 3 rings (SSSR count). The summed E-state index contributed by atoms with van der Waals surface area (Å²) in [4.78, 5) is 14.3. The molecule has 1 atom stereocenters. The van der Waals surface area contributed by atoms with Crippen molar-refractivity contribution in [2.75, 3.05) is 18.5 Å². The van der Waals surface area contributed by atoms with Crippen LogP contribution >= 0.6 is 0 Å². The quantitative estimate of drug-likeness (QED) is 0.766. The first kappa shape index (κ1) is 16.1. The number of anilines is 1. The van der Waals surface area contributed by atoms with Gasteiger partial charge in [-0.1, -0.05) is 54.6 Å². The number of hydrogen-bond acceptors (Lipinski definition) is 2. The van der Waals surface area contributed by atoms with Gasteiger partial charge in [0.05, 0.1) is 12.6 Å². The molecule has 0 bridgehead atoms. The van der Waals surface area contributed by atoms with E-state index in [9.17, 15) is 4.79 Å². The first-order valence-electron chi connectivity index (χ1n) is 8.18. The normalized spacial score (nSPS) is 11.9. The molecule has 1 amide bonds. The molecule has 3 aromatic rings. The minimum atomic E-state index is -0.0220. The SMILES string of the molecule is C[C@H](NC(=O)CN(C)c1ccccc1)c1ccc2ccccc2c1. The van der Waals surface area contributed by atoms with E-state index in [1.54, 1.807) is 0 Å². The van der Waals surface area contributed by atoms with Gasteiger partial charge in [0.1, 0.15) is 0 Å². The van der Waals surface area contributed by atoms with E-state index in [1.807, 2.05) is 61.3 Å². The zero-order valence-electron chi connectivity index (χ0n) is 14.1. The van der Waals surface area contributed by atoms with E-state index < -0.39 is 0 Å². The predicted molar refractivity (Wildman–Crippen MR) is 100 cm³/mol. The monoisotopic (exact) mass is 318 g/mol. The third kappa shape index (κ3) is 3.74. The lowest BCUT2D eigenvalue weighted by Gasteiger charge is -2.21. The molecule has 122 valence electrons. The van der Waals surface area contributed by atoms with Crippen molar-refractivity contribution in [2.45, 2.75) is 13.0 Å². The van der Waals surface area contributed by atoms with E-state index >= 15 is 0 Å². The van der Waals surface area contributed by atoms with Crippen LogP contribution < -0.4 is 10.2 Å². The molecular formula is C21H22N2O. The van der Waals surface area contributed by atoms with Crippen molar-refractivity contribution in [2.24, 2.45) is 0 Å². The number of nitrogens with zero attached hydrogens (tertiary/aromatic N) is 1. The summed E-state index contributed by atoms with van der Waals surface area (Å²) in [5.41, 5.74) is 2.15. The van der Waals surface area contributed by atoms with Crippen molar-refractivity contribution < 1.29 is 4.79 Å². The van der Waals surface area contributed by atoms with Crippen molar-refractivity contribution in [3.63, 3.8) is 0 Å². The van der Waals surface area contributed by atoms with Crippen molar-refractivity contribution in [3.8, 4) is 0 Å². The van der Waals surface area contributed by atoms with Crippen LogP contribution in [0.4, 0.5) is 5.69 Å². The van der Waals surface area contributed by atoms with E-state index in [4.69, 9.17) is 0 Å². The van der Waals surface area contributed by atoms with E-state index in [0.717, 1.165) is 11.3 Å². The minimum Gasteiger partial charge on any atom is -0.365 e. The molecule has 0 radical (unpaired) electrons. The Balaban J connectivity index is 1.64. The maximum Gasteiger partial charge on any atom is 0.239 e.